The van der Waals surface area contributed by atoms with Crippen molar-refractivity contribution in [1.29, 1.82) is 0 Å². The zero-order chi connectivity index (χ0) is 21.5. The van der Waals surface area contributed by atoms with Gasteiger partial charge in [0, 0.05) is 0 Å². The minimum atomic E-state index is 0.126. The summed E-state index contributed by atoms with van der Waals surface area (Å²) in [6, 6.07) is 31.4. The molecule has 0 aliphatic carbocycles. The maximum atomic E-state index is 2.30. The van der Waals surface area contributed by atoms with E-state index < -0.39 is 0 Å². The summed E-state index contributed by atoms with van der Waals surface area (Å²) in [6.45, 7) is 13.6. The molecule has 0 unspecified atom stereocenters. The smallest absolute Gasteiger partial charge is 0.0102 e. The molecule has 0 fully saturated rings. The van der Waals surface area contributed by atoms with Gasteiger partial charge in [0.25, 0.3) is 0 Å². The lowest BCUT2D eigenvalue weighted by molar-refractivity contribution is 0.590. The molecule has 4 aromatic rings. The van der Waals surface area contributed by atoms with E-state index in [4.69, 9.17) is 0 Å². The number of rotatable bonds is 2. The molecule has 0 saturated carbocycles. The Labute approximate surface area is 181 Å². The van der Waals surface area contributed by atoms with E-state index in [0.717, 1.165) is 0 Å². The Balaban J connectivity index is 1.72. The van der Waals surface area contributed by atoms with Crippen LogP contribution in [-0.4, -0.2) is 0 Å². The van der Waals surface area contributed by atoms with Crippen molar-refractivity contribution in [3.05, 3.63) is 96.1 Å². The third-order valence-corrected chi connectivity index (χ3v) is 6.01. The molecule has 0 saturated heterocycles. The number of hydrogen-bond acceptors (Lipinski definition) is 0. The Kier molecular flexibility index (Phi) is 5.06. The van der Waals surface area contributed by atoms with Gasteiger partial charge in [-0.15, -0.1) is 0 Å². The van der Waals surface area contributed by atoms with Gasteiger partial charge >= 0.3 is 0 Å². The van der Waals surface area contributed by atoms with Crippen LogP contribution in [0.1, 0.15) is 52.7 Å². The van der Waals surface area contributed by atoms with Crippen molar-refractivity contribution in [1.82, 2.24) is 0 Å². The van der Waals surface area contributed by atoms with Gasteiger partial charge in [-0.3, -0.25) is 0 Å². The standard InChI is InChI=1S/C30H32/c1-29(2,3)24-17-15-22(16-18-24)21-11-13-23(14-12-21)25-19-20-28(30(4,5)6)27-10-8-7-9-26(25)27/h7-20H,1-6H3. The second-order valence-electron chi connectivity index (χ2n) is 10.4. The quantitative estimate of drug-likeness (QED) is 0.320. The monoisotopic (exact) mass is 392 g/mol. The molecule has 0 aliphatic heterocycles. The molecule has 152 valence electrons. The summed E-state index contributed by atoms with van der Waals surface area (Å²) in [5, 5.41) is 2.68. The summed E-state index contributed by atoms with van der Waals surface area (Å²) in [5.74, 6) is 0. The van der Waals surface area contributed by atoms with E-state index in [-0.39, 0.29) is 10.8 Å². The Morgan fingerprint density at radius 1 is 0.433 bits per heavy atom. The van der Waals surface area contributed by atoms with Crippen LogP contribution in [0, 0.1) is 0 Å². The highest BCUT2D eigenvalue weighted by Crippen LogP contribution is 2.36. The van der Waals surface area contributed by atoms with Gasteiger partial charge in [-0.05, 0) is 55.0 Å². The van der Waals surface area contributed by atoms with E-state index in [1.807, 2.05) is 0 Å². The first-order chi connectivity index (χ1) is 14.1. The third-order valence-electron chi connectivity index (χ3n) is 6.01. The topological polar surface area (TPSA) is 0 Å². The molecule has 30 heavy (non-hydrogen) atoms. The maximum Gasteiger partial charge on any atom is -0.0102 e. The van der Waals surface area contributed by atoms with Gasteiger partial charge in [0.2, 0.25) is 0 Å². The van der Waals surface area contributed by atoms with Crippen molar-refractivity contribution >= 4 is 10.8 Å². The molecule has 4 aromatic carbocycles. The maximum absolute atomic E-state index is 2.30. The van der Waals surface area contributed by atoms with Crippen LogP contribution in [0.25, 0.3) is 33.0 Å². The third kappa shape index (κ3) is 3.92. The fraction of sp³-hybridized carbons (Fsp3) is 0.267. The van der Waals surface area contributed by atoms with E-state index in [2.05, 4.69) is 126 Å². The molecule has 4 rings (SSSR count). The predicted octanol–water partition coefficient (Wildman–Crippen LogP) is 8.77. The lowest BCUT2D eigenvalue weighted by Gasteiger charge is -2.22. The summed E-state index contributed by atoms with van der Waals surface area (Å²) in [6.07, 6.45) is 0. The van der Waals surface area contributed by atoms with Gasteiger partial charge in [0.1, 0.15) is 0 Å². The average molecular weight is 393 g/mol. The summed E-state index contributed by atoms with van der Waals surface area (Å²) in [4.78, 5) is 0. The Morgan fingerprint density at radius 3 is 1.47 bits per heavy atom. The van der Waals surface area contributed by atoms with Crippen LogP contribution in [0.4, 0.5) is 0 Å². The molecule has 0 heteroatoms. The molecule has 0 heterocycles. The molecule has 0 spiro atoms. The van der Waals surface area contributed by atoms with Crippen molar-refractivity contribution in [3.8, 4) is 22.3 Å². The summed E-state index contributed by atoms with van der Waals surface area (Å²) >= 11 is 0. The molecule has 0 N–H and O–H groups in total. The van der Waals surface area contributed by atoms with Crippen LogP contribution in [0.15, 0.2) is 84.9 Å². The fourth-order valence-electron chi connectivity index (χ4n) is 4.21. The Morgan fingerprint density at radius 2 is 0.933 bits per heavy atom. The Bertz CT molecular complexity index is 1160. The van der Waals surface area contributed by atoms with Crippen LogP contribution in [0.5, 0.6) is 0 Å². The molecule has 0 aromatic heterocycles. The molecular formula is C30H32. The van der Waals surface area contributed by atoms with E-state index in [1.165, 1.54) is 44.2 Å². The number of benzene rings is 4. The van der Waals surface area contributed by atoms with Crippen LogP contribution >= 0.6 is 0 Å². The SMILES string of the molecule is CC(C)(C)c1ccc(-c2ccc(-c3ccc(C(C)(C)C)c4ccccc34)cc2)cc1. The molecule has 0 radical (unpaired) electrons. The Hall–Kier alpha value is -2.86. The fourth-order valence-corrected chi connectivity index (χ4v) is 4.21. The van der Waals surface area contributed by atoms with Crippen molar-refractivity contribution in [2.24, 2.45) is 0 Å². The largest absolute Gasteiger partial charge is 0.0616 e. The normalized spacial score (nSPS) is 12.3. The molecule has 0 aliphatic rings. The van der Waals surface area contributed by atoms with Gasteiger partial charge < -0.3 is 0 Å². The highest BCUT2D eigenvalue weighted by Gasteiger charge is 2.18. The van der Waals surface area contributed by atoms with E-state index in [0.29, 0.717) is 0 Å². The molecule has 0 amide bonds. The van der Waals surface area contributed by atoms with E-state index in [1.54, 1.807) is 0 Å². The van der Waals surface area contributed by atoms with Crippen LogP contribution < -0.4 is 0 Å². The highest BCUT2D eigenvalue weighted by molar-refractivity contribution is 5.99. The summed E-state index contributed by atoms with van der Waals surface area (Å²) < 4.78 is 0. The van der Waals surface area contributed by atoms with Crippen molar-refractivity contribution in [2.45, 2.75) is 52.4 Å². The first-order valence-electron chi connectivity index (χ1n) is 10.9. The zero-order valence-corrected chi connectivity index (χ0v) is 19.1. The van der Waals surface area contributed by atoms with Crippen LogP contribution in [0.3, 0.4) is 0 Å². The predicted molar refractivity (Wildman–Crippen MR) is 132 cm³/mol. The van der Waals surface area contributed by atoms with Gasteiger partial charge in [0.15, 0.2) is 0 Å². The van der Waals surface area contributed by atoms with Crippen LogP contribution in [0.2, 0.25) is 0 Å². The van der Waals surface area contributed by atoms with Crippen molar-refractivity contribution in [2.75, 3.05) is 0 Å². The van der Waals surface area contributed by atoms with E-state index in [9.17, 15) is 0 Å². The summed E-state index contributed by atoms with van der Waals surface area (Å²) in [5.41, 5.74) is 8.17. The molecule has 0 atom stereocenters. The lowest BCUT2D eigenvalue weighted by Crippen LogP contribution is -2.11. The minimum Gasteiger partial charge on any atom is -0.0616 e. The lowest BCUT2D eigenvalue weighted by atomic mass is 9.82. The molecule has 0 nitrogen and oxygen atoms in total. The van der Waals surface area contributed by atoms with Crippen molar-refractivity contribution in [3.63, 3.8) is 0 Å². The van der Waals surface area contributed by atoms with Gasteiger partial charge in [-0.1, -0.05) is 126 Å². The van der Waals surface area contributed by atoms with Crippen LogP contribution in [-0.2, 0) is 10.8 Å². The van der Waals surface area contributed by atoms with E-state index >= 15 is 0 Å². The first kappa shape index (κ1) is 20.4. The van der Waals surface area contributed by atoms with Gasteiger partial charge in [-0.2, -0.15) is 0 Å². The number of fused-ring (bicyclic) bond motifs is 1. The minimum absolute atomic E-state index is 0.126. The highest BCUT2D eigenvalue weighted by atomic mass is 14.2. The van der Waals surface area contributed by atoms with Gasteiger partial charge in [-0.25, -0.2) is 0 Å². The second-order valence-corrected chi connectivity index (χ2v) is 10.4. The molecular weight excluding hydrogens is 360 g/mol. The molecule has 0 bridgehead atoms. The summed E-state index contributed by atoms with van der Waals surface area (Å²) in [7, 11) is 0. The number of hydrogen-bond donors (Lipinski definition) is 0. The first-order valence-corrected chi connectivity index (χ1v) is 10.9. The zero-order valence-electron chi connectivity index (χ0n) is 19.1. The van der Waals surface area contributed by atoms with Crippen molar-refractivity contribution < 1.29 is 0 Å². The second kappa shape index (κ2) is 7.43. The average Bonchev–Trinajstić information content (AvgIpc) is 2.72. The van der Waals surface area contributed by atoms with Gasteiger partial charge in [0.05, 0.1) is 0 Å².